The molecule has 0 bridgehead atoms. The molecule has 0 saturated heterocycles. The molecular formula is C28H30N2O3S. The van der Waals surface area contributed by atoms with Gasteiger partial charge in [-0.15, -0.1) is 11.8 Å². The van der Waals surface area contributed by atoms with Gasteiger partial charge in [-0.3, -0.25) is 14.6 Å². The van der Waals surface area contributed by atoms with Gasteiger partial charge in [0.1, 0.15) is 0 Å². The summed E-state index contributed by atoms with van der Waals surface area (Å²) in [5.74, 6) is -0.306. The predicted molar refractivity (Wildman–Crippen MR) is 140 cm³/mol. The highest BCUT2D eigenvalue weighted by molar-refractivity contribution is 7.98. The summed E-state index contributed by atoms with van der Waals surface area (Å²) in [5.41, 5.74) is 3.81. The van der Waals surface area contributed by atoms with Crippen molar-refractivity contribution in [3.63, 3.8) is 0 Å². The number of carbonyl (C=O) groups is 2. The number of amides is 1. The van der Waals surface area contributed by atoms with Crippen LogP contribution in [0.25, 0.3) is 12.2 Å². The summed E-state index contributed by atoms with van der Waals surface area (Å²) >= 11 is 1.76. The van der Waals surface area contributed by atoms with Gasteiger partial charge in [-0.2, -0.15) is 0 Å². The maximum Gasteiger partial charge on any atom is 0.309 e. The van der Waals surface area contributed by atoms with Crippen LogP contribution in [0.3, 0.4) is 0 Å². The number of anilines is 1. The van der Waals surface area contributed by atoms with Gasteiger partial charge in [0.15, 0.2) is 0 Å². The lowest BCUT2D eigenvalue weighted by Gasteiger charge is -2.18. The average Bonchev–Trinajstić information content (AvgIpc) is 2.82. The third-order valence-electron chi connectivity index (χ3n) is 5.41. The van der Waals surface area contributed by atoms with E-state index in [4.69, 9.17) is 4.98 Å². The minimum atomic E-state index is -0.928. The van der Waals surface area contributed by atoms with E-state index in [2.05, 4.69) is 36.5 Å². The van der Waals surface area contributed by atoms with E-state index in [9.17, 15) is 14.7 Å². The normalized spacial score (nSPS) is 11.5. The first-order valence-electron chi connectivity index (χ1n) is 11.2. The zero-order valence-corrected chi connectivity index (χ0v) is 20.6. The second kappa shape index (κ2) is 11.7. The van der Waals surface area contributed by atoms with Gasteiger partial charge in [0.25, 0.3) is 0 Å². The molecule has 0 aliphatic carbocycles. The zero-order valence-electron chi connectivity index (χ0n) is 19.7. The number of carbonyl (C=O) groups excluding carboxylic acids is 1. The molecule has 0 aliphatic heterocycles. The van der Waals surface area contributed by atoms with Crippen LogP contribution in [0, 0.1) is 12.3 Å². The monoisotopic (exact) mass is 474 g/mol. The first-order chi connectivity index (χ1) is 16.2. The summed E-state index contributed by atoms with van der Waals surface area (Å²) in [4.78, 5) is 29.4. The van der Waals surface area contributed by atoms with Gasteiger partial charge in [-0.1, -0.05) is 42.0 Å². The number of nitrogens with zero attached hydrogens (tertiary/aromatic N) is 1. The van der Waals surface area contributed by atoms with Crippen LogP contribution >= 0.6 is 11.8 Å². The van der Waals surface area contributed by atoms with Gasteiger partial charge in [0.05, 0.1) is 16.8 Å². The lowest BCUT2D eigenvalue weighted by molar-refractivity contribution is -0.147. The third kappa shape index (κ3) is 7.89. The van der Waals surface area contributed by atoms with Crippen LogP contribution in [0.2, 0.25) is 0 Å². The molecule has 1 amide bonds. The molecule has 0 spiro atoms. The van der Waals surface area contributed by atoms with Crippen molar-refractivity contribution < 1.29 is 14.7 Å². The number of hydrogen-bond acceptors (Lipinski definition) is 4. The lowest BCUT2D eigenvalue weighted by atomic mass is 9.88. The Morgan fingerprint density at radius 3 is 2.50 bits per heavy atom. The molecule has 2 N–H and O–H groups in total. The van der Waals surface area contributed by atoms with Crippen molar-refractivity contribution in [2.75, 3.05) is 5.32 Å². The lowest BCUT2D eigenvalue weighted by Crippen LogP contribution is -2.25. The van der Waals surface area contributed by atoms with Crippen LogP contribution in [0.4, 0.5) is 5.69 Å². The number of carboxylic acids is 1. The van der Waals surface area contributed by atoms with Crippen LogP contribution in [0.15, 0.2) is 71.6 Å². The van der Waals surface area contributed by atoms with E-state index in [-0.39, 0.29) is 18.7 Å². The Labute approximate surface area is 205 Å². The number of aromatic nitrogens is 1. The second-order valence-corrected chi connectivity index (χ2v) is 9.90. The van der Waals surface area contributed by atoms with Crippen molar-refractivity contribution in [2.45, 2.75) is 44.3 Å². The number of benzene rings is 2. The summed E-state index contributed by atoms with van der Waals surface area (Å²) in [6.45, 7) is 5.33. The maximum absolute atomic E-state index is 12.3. The standard InChI is InChI=1S/C28H30N2O3S/c1-20-10-14-25(15-11-20)34-19-24-9-5-7-22(29-24)13-12-21-6-4-8-23(18-21)30-26(31)16-17-28(2,3)27(32)33/h4-15,18H,16-17,19H2,1-3H3,(H,30,31)(H,32,33). The van der Waals surface area contributed by atoms with Gasteiger partial charge < -0.3 is 10.4 Å². The minimum Gasteiger partial charge on any atom is -0.481 e. The first kappa shape index (κ1) is 25.2. The highest BCUT2D eigenvalue weighted by atomic mass is 32.2. The predicted octanol–water partition coefficient (Wildman–Crippen LogP) is 6.68. The van der Waals surface area contributed by atoms with E-state index < -0.39 is 11.4 Å². The molecule has 3 aromatic rings. The van der Waals surface area contributed by atoms with E-state index in [0.717, 1.165) is 22.7 Å². The quantitative estimate of drug-likeness (QED) is 0.320. The van der Waals surface area contributed by atoms with Crippen LogP contribution in [0.1, 0.15) is 49.2 Å². The smallest absolute Gasteiger partial charge is 0.309 e. The van der Waals surface area contributed by atoms with Crippen LogP contribution in [-0.4, -0.2) is 22.0 Å². The fraction of sp³-hybridized carbons (Fsp3) is 0.250. The molecule has 0 fully saturated rings. The SMILES string of the molecule is Cc1ccc(SCc2cccc(C=Cc3cccc(NC(=O)CCC(C)(C)C(=O)O)c3)n2)cc1. The molecule has 0 aliphatic rings. The first-order valence-corrected chi connectivity index (χ1v) is 12.2. The Hall–Kier alpha value is -3.38. The van der Waals surface area contributed by atoms with Gasteiger partial charge in [-0.25, -0.2) is 0 Å². The Balaban J connectivity index is 1.58. The van der Waals surface area contributed by atoms with Gasteiger partial charge in [0.2, 0.25) is 5.91 Å². The third-order valence-corrected chi connectivity index (χ3v) is 6.45. The molecule has 1 heterocycles. The van der Waals surface area contributed by atoms with Gasteiger partial charge in [0, 0.05) is 22.8 Å². The number of hydrogen-bond donors (Lipinski definition) is 2. The molecule has 0 saturated carbocycles. The van der Waals surface area contributed by atoms with E-state index in [1.165, 1.54) is 10.5 Å². The Morgan fingerprint density at radius 2 is 1.76 bits per heavy atom. The maximum atomic E-state index is 12.3. The number of pyridine rings is 1. The number of thioether (sulfide) groups is 1. The topological polar surface area (TPSA) is 79.3 Å². The Morgan fingerprint density at radius 1 is 1.03 bits per heavy atom. The Bertz CT molecular complexity index is 1170. The van der Waals surface area contributed by atoms with E-state index in [0.29, 0.717) is 5.69 Å². The molecular weight excluding hydrogens is 444 g/mol. The summed E-state index contributed by atoms with van der Waals surface area (Å²) in [6, 6.07) is 22.0. The molecule has 5 nitrogen and oxygen atoms in total. The van der Waals surface area contributed by atoms with Crippen molar-refractivity contribution in [2.24, 2.45) is 5.41 Å². The average molecular weight is 475 g/mol. The fourth-order valence-corrected chi connectivity index (χ4v) is 3.93. The Kier molecular flexibility index (Phi) is 8.66. The molecule has 6 heteroatoms. The molecule has 1 aromatic heterocycles. The molecule has 3 rings (SSSR count). The largest absolute Gasteiger partial charge is 0.481 e. The highest BCUT2D eigenvalue weighted by Gasteiger charge is 2.27. The number of rotatable bonds is 10. The van der Waals surface area contributed by atoms with E-state index in [1.807, 2.05) is 54.6 Å². The second-order valence-electron chi connectivity index (χ2n) is 8.85. The summed E-state index contributed by atoms with van der Waals surface area (Å²) < 4.78 is 0. The summed E-state index contributed by atoms with van der Waals surface area (Å²) in [5, 5.41) is 12.0. The zero-order chi connectivity index (χ0) is 24.6. The molecule has 0 unspecified atom stereocenters. The molecule has 0 radical (unpaired) electrons. The minimum absolute atomic E-state index is 0.149. The summed E-state index contributed by atoms with van der Waals surface area (Å²) in [6.07, 6.45) is 4.34. The van der Waals surface area contributed by atoms with Gasteiger partial charge in [-0.05, 0) is 75.2 Å². The summed E-state index contributed by atoms with van der Waals surface area (Å²) in [7, 11) is 0. The van der Waals surface area contributed by atoms with Crippen LogP contribution in [0.5, 0.6) is 0 Å². The van der Waals surface area contributed by atoms with Crippen molar-refractivity contribution in [3.05, 3.63) is 89.2 Å². The van der Waals surface area contributed by atoms with Crippen LogP contribution < -0.4 is 5.32 Å². The number of nitrogens with one attached hydrogen (secondary N) is 1. The molecule has 176 valence electrons. The fourth-order valence-electron chi connectivity index (χ4n) is 3.12. The van der Waals surface area contributed by atoms with Crippen molar-refractivity contribution in [1.29, 1.82) is 0 Å². The number of aliphatic carboxylic acids is 1. The van der Waals surface area contributed by atoms with Crippen molar-refractivity contribution >= 4 is 41.5 Å². The van der Waals surface area contributed by atoms with E-state index >= 15 is 0 Å². The molecule has 34 heavy (non-hydrogen) atoms. The molecule has 0 atom stereocenters. The van der Waals surface area contributed by atoms with Gasteiger partial charge >= 0.3 is 5.97 Å². The number of carboxylic acid groups (broad SMARTS) is 1. The molecule has 2 aromatic carbocycles. The highest BCUT2D eigenvalue weighted by Crippen LogP contribution is 2.24. The van der Waals surface area contributed by atoms with Crippen molar-refractivity contribution in [1.82, 2.24) is 4.98 Å². The number of aryl methyl sites for hydroxylation is 1. The van der Waals surface area contributed by atoms with E-state index in [1.54, 1.807) is 25.6 Å². The van der Waals surface area contributed by atoms with Crippen molar-refractivity contribution in [3.8, 4) is 0 Å². The van der Waals surface area contributed by atoms with Crippen LogP contribution in [-0.2, 0) is 15.3 Å².